The first kappa shape index (κ1) is 15.4. The Morgan fingerprint density at radius 3 is 2.60 bits per heavy atom. The molecule has 2 N–H and O–H groups in total. The molecule has 20 heavy (non-hydrogen) atoms. The molecule has 0 amide bonds. The summed E-state index contributed by atoms with van der Waals surface area (Å²) < 4.78 is 26.1. The number of hydrogen-bond acceptors (Lipinski definition) is 3. The van der Waals surface area contributed by atoms with Crippen LogP contribution in [0.2, 0.25) is 0 Å². The highest BCUT2D eigenvalue weighted by atomic mass is 19.2. The van der Waals surface area contributed by atoms with Crippen molar-refractivity contribution in [3.05, 3.63) is 35.4 Å². The lowest BCUT2D eigenvalue weighted by atomic mass is 10.1. The van der Waals surface area contributed by atoms with Gasteiger partial charge < -0.3 is 15.5 Å². The Morgan fingerprint density at radius 2 is 1.95 bits per heavy atom. The third-order valence-corrected chi connectivity index (χ3v) is 3.88. The van der Waals surface area contributed by atoms with Gasteiger partial charge in [-0.15, -0.1) is 0 Å². The van der Waals surface area contributed by atoms with E-state index in [-0.39, 0.29) is 6.04 Å². The maximum absolute atomic E-state index is 13.2. The molecule has 0 bridgehead atoms. The maximum atomic E-state index is 13.2. The minimum absolute atomic E-state index is 0.298. The average Bonchev–Trinajstić information content (AvgIpc) is 2.92. The molecule has 1 fully saturated rings. The molecule has 3 nitrogen and oxygen atoms in total. The van der Waals surface area contributed by atoms with E-state index in [0.29, 0.717) is 12.1 Å². The number of likely N-dealkylation sites (tertiary alicyclic amines) is 1. The van der Waals surface area contributed by atoms with Gasteiger partial charge in [0, 0.05) is 25.7 Å². The smallest absolute Gasteiger partial charge is 0.159 e. The Bertz CT molecular complexity index is 433. The van der Waals surface area contributed by atoms with Crippen LogP contribution in [0.5, 0.6) is 0 Å². The summed E-state index contributed by atoms with van der Waals surface area (Å²) in [6.45, 7) is 4.99. The third kappa shape index (κ3) is 4.23. The molecule has 0 aromatic heterocycles. The van der Waals surface area contributed by atoms with Gasteiger partial charge in [0.25, 0.3) is 0 Å². The van der Waals surface area contributed by atoms with Gasteiger partial charge in [0.2, 0.25) is 0 Å². The highest BCUT2D eigenvalue weighted by Gasteiger charge is 2.14. The van der Waals surface area contributed by atoms with Crippen molar-refractivity contribution in [3.8, 4) is 0 Å². The molecular formula is C15H23F2N3. The maximum Gasteiger partial charge on any atom is 0.159 e. The number of likely N-dealkylation sites (N-methyl/N-ethyl adjacent to an activating group) is 1. The monoisotopic (exact) mass is 283 g/mol. The van der Waals surface area contributed by atoms with Crippen molar-refractivity contribution in [2.75, 3.05) is 39.8 Å². The molecule has 112 valence electrons. The van der Waals surface area contributed by atoms with Crippen LogP contribution in [0.25, 0.3) is 0 Å². The second-order valence-corrected chi connectivity index (χ2v) is 5.59. The summed E-state index contributed by atoms with van der Waals surface area (Å²) in [6, 6.07) is 3.58. The fraction of sp³-hybridized carbons (Fsp3) is 0.600. The normalized spacial score (nSPS) is 17.9. The van der Waals surface area contributed by atoms with E-state index in [1.165, 1.54) is 32.0 Å². The summed E-state index contributed by atoms with van der Waals surface area (Å²) in [5.74, 6) is -1.67. The summed E-state index contributed by atoms with van der Waals surface area (Å²) in [5, 5.41) is 0. The highest BCUT2D eigenvalue weighted by molar-refractivity contribution is 5.21. The number of hydrogen-bond donors (Lipinski definition) is 1. The fourth-order valence-corrected chi connectivity index (χ4v) is 2.59. The van der Waals surface area contributed by atoms with E-state index in [9.17, 15) is 8.78 Å². The van der Waals surface area contributed by atoms with Gasteiger partial charge in [-0.3, -0.25) is 0 Å². The summed E-state index contributed by atoms with van der Waals surface area (Å²) in [4.78, 5) is 4.59. The molecule has 1 aromatic rings. The number of rotatable bonds is 6. The molecule has 0 saturated carbocycles. The van der Waals surface area contributed by atoms with Crippen LogP contribution < -0.4 is 5.73 Å². The Balaban J connectivity index is 1.80. The van der Waals surface area contributed by atoms with Crippen LogP contribution in [-0.2, 0) is 0 Å². The van der Waals surface area contributed by atoms with Crippen LogP contribution in [0.3, 0.4) is 0 Å². The Hall–Kier alpha value is -1.04. The summed E-state index contributed by atoms with van der Waals surface area (Å²) in [6.07, 6.45) is 2.58. The fourth-order valence-electron chi connectivity index (χ4n) is 2.59. The van der Waals surface area contributed by atoms with Crippen molar-refractivity contribution in [1.82, 2.24) is 9.80 Å². The molecule has 2 rings (SSSR count). The summed E-state index contributed by atoms with van der Waals surface area (Å²) in [7, 11) is 2.01. The van der Waals surface area contributed by atoms with E-state index >= 15 is 0 Å². The summed E-state index contributed by atoms with van der Waals surface area (Å²) >= 11 is 0. The van der Waals surface area contributed by atoms with E-state index in [0.717, 1.165) is 19.2 Å². The van der Waals surface area contributed by atoms with Crippen molar-refractivity contribution in [1.29, 1.82) is 0 Å². The molecule has 1 aliphatic rings. The Morgan fingerprint density at radius 1 is 1.25 bits per heavy atom. The van der Waals surface area contributed by atoms with Crippen LogP contribution in [0.4, 0.5) is 8.78 Å². The zero-order valence-electron chi connectivity index (χ0n) is 12.0. The molecule has 5 heteroatoms. The van der Waals surface area contributed by atoms with Gasteiger partial charge in [0.1, 0.15) is 0 Å². The molecule has 1 heterocycles. The van der Waals surface area contributed by atoms with Gasteiger partial charge in [-0.05, 0) is 50.7 Å². The van der Waals surface area contributed by atoms with Crippen molar-refractivity contribution < 1.29 is 8.78 Å². The second-order valence-electron chi connectivity index (χ2n) is 5.59. The first-order chi connectivity index (χ1) is 9.56. The topological polar surface area (TPSA) is 32.5 Å². The van der Waals surface area contributed by atoms with Crippen molar-refractivity contribution in [2.24, 2.45) is 5.73 Å². The van der Waals surface area contributed by atoms with Gasteiger partial charge in [0.05, 0.1) is 0 Å². The van der Waals surface area contributed by atoms with E-state index < -0.39 is 11.6 Å². The van der Waals surface area contributed by atoms with Crippen LogP contribution >= 0.6 is 0 Å². The Kier molecular flexibility index (Phi) is 5.46. The van der Waals surface area contributed by atoms with Crippen LogP contribution in [-0.4, -0.2) is 49.6 Å². The number of nitrogens with two attached hydrogens (primary N) is 1. The van der Waals surface area contributed by atoms with Gasteiger partial charge in [-0.25, -0.2) is 8.78 Å². The van der Waals surface area contributed by atoms with Crippen LogP contribution in [0.15, 0.2) is 18.2 Å². The zero-order valence-corrected chi connectivity index (χ0v) is 12.0. The predicted octanol–water partition coefficient (Wildman–Crippen LogP) is 1.99. The molecule has 1 saturated heterocycles. The average molecular weight is 283 g/mol. The molecular weight excluding hydrogens is 260 g/mol. The standard InChI is InChI=1S/C15H23F2N3/c1-19(8-9-20-6-2-3-7-20)11-15(18)12-4-5-13(16)14(17)10-12/h4-5,10,15H,2-3,6-9,11,18H2,1H3. The predicted molar refractivity (Wildman–Crippen MR) is 76.5 cm³/mol. The van der Waals surface area contributed by atoms with E-state index in [1.807, 2.05) is 7.05 Å². The number of nitrogens with zero attached hydrogens (tertiary/aromatic N) is 2. The second kappa shape index (κ2) is 7.11. The zero-order chi connectivity index (χ0) is 14.5. The van der Waals surface area contributed by atoms with Gasteiger partial charge in [-0.2, -0.15) is 0 Å². The quantitative estimate of drug-likeness (QED) is 0.866. The lowest BCUT2D eigenvalue weighted by molar-refractivity contribution is 0.248. The first-order valence-corrected chi connectivity index (χ1v) is 7.17. The van der Waals surface area contributed by atoms with E-state index in [1.54, 1.807) is 6.07 Å². The molecule has 1 unspecified atom stereocenters. The number of benzene rings is 1. The largest absolute Gasteiger partial charge is 0.323 e. The molecule has 0 aliphatic carbocycles. The SMILES string of the molecule is CN(CCN1CCCC1)CC(N)c1ccc(F)c(F)c1. The van der Waals surface area contributed by atoms with E-state index in [4.69, 9.17) is 5.73 Å². The molecule has 1 aromatic carbocycles. The van der Waals surface area contributed by atoms with Crippen LogP contribution in [0.1, 0.15) is 24.4 Å². The van der Waals surface area contributed by atoms with Gasteiger partial charge in [-0.1, -0.05) is 6.07 Å². The number of halogens is 2. The lowest BCUT2D eigenvalue weighted by Crippen LogP contribution is -2.35. The first-order valence-electron chi connectivity index (χ1n) is 7.17. The molecule has 0 spiro atoms. The molecule has 1 aliphatic heterocycles. The third-order valence-electron chi connectivity index (χ3n) is 3.88. The molecule has 1 atom stereocenters. The van der Waals surface area contributed by atoms with Gasteiger partial charge >= 0.3 is 0 Å². The highest BCUT2D eigenvalue weighted by Crippen LogP contribution is 2.15. The summed E-state index contributed by atoms with van der Waals surface area (Å²) in [5.41, 5.74) is 6.69. The van der Waals surface area contributed by atoms with Crippen molar-refractivity contribution >= 4 is 0 Å². The Labute approximate surface area is 119 Å². The van der Waals surface area contributed by atoms with Gasteiger partial charge in [0.15, 0.2) is 11.6 Å². The van der Waals surface area contributed by atoms with Crippen molar-refractivity contribution in [2.45, 2.75) is 18.9 Å². The molecule has 0 radical (unpaired) electrons. The minimum Gasteiger partial charge on any atom is -0.323 e. The minimum atomic E-state index is -0.835. The van der Waals surface area contributed by atoms with Crippen LogP contribution in [0, 0.1) is 11.6 Å². The lowest BCUT2D eigenvalue weighted by Gasteiger charge is -2.24. The van der Waals surface area contributed by atoms with Crippen molar-refractivity contribution in [3.63, 3.8) is 0 Å². The van der Waals surface area contributed by atoms with E-state index in [2.05, 4.69) is 9.80 Å².